The maximum Gasteiger partial charge on any atom is 0.159 e. The van der Waals surface area contributed by atoms with Crippen molar-refractivity contribution in [3.05, 3.63) is 101 Å². The van der Waals surface area contributed by atoms with Gasteiger partial charge in [0.2, 0.25) is 0 Å². The van der Waals surface area contributed by atoms with Crippen molar-refractivity contribution in [2.45, 2.75) is 57.8 Å². The van der Waals surface area contributed by atoms with Gasteiger partial charge in [-0.1, -0.05) is 60.5 Å². The third kappa shape index (κ3) is 5.64. The van der Waals surface area contributed by atoms with E-state index in [2.05, 4.69) is 71.6 Å². The number of allylic oxidation sites excluding steroid dienone is 1. The number of methoxy groups -OCH3 is 2. The molecule has 3 aliphatic rings. The lowest BCUT2D eigenvalue weighted by molar-refractivity contribution is -0.141. The van der Waals surface area contributed by atoms with Crippen LogP contribution in [0.3, 0.4) is 0 Å². The fourth-order valence-electron chi connectivity index (χ4n) is 6.67. The number of ether oxygens (including phenoxy) is 3. The van der Waals surface area contributed by atoms with Gasteiger partial charge in [-0.05, 0) is 96.5 Å². The molecule has 1 aliphatic heterocycles. The third-order valence-corrected chi connectivity index (χ3v) is 9.09. The highest BCUT2D eigenvalue weighted by Gasteiger charge is 2.30. The van der Waals surface area contributed by atoms with Crippen LogP contribution in [0.25, 0.3) is 5.57 Å². The quantitative estimate of drug-likeness (QED) is 0.270. The Balaban J connectivity index is 1.21. The Kier molecular flexibility index (Phi) is 8.03. The molecule has 0 N–H and O–H groups in total. The smallest absolute Gasteiger partial charge is 0.159 e. The molecule has 0 radical (unpaired) electrons. The normalized spacial score (nSPS) is 18.3. The number of rotatable bonds is 9. The fraction of sp³-hybridized carbons (Fsp3) is 0.429. The largest absolute Gasteiger partial charge is 0.489 e. The second-order valence-electron chi connectivity index (χ2n) is 11.3. The topological polar surface area (TPSA) is 30.9 Å². The van der Waals surface area contributed by atoms with Gasteiger partial charge in [0.05, 0.1) is 0 Å². The Hall–Kier alpha value is -3.08. The van der Waals surface area contributed by atoms with E-state index in [0.717, 1.165) is 50.4 Å². The van der Waals surface area contributed by atoms with Crippen LogP contribution in [0.4, 0.5) is 5.69 Å². The Labute approximate surface area is 233 Å². The molecule has 6 rings (SSSR count). The van der Waals surface area contributed by atoms with Gasteiger partial charge >= 0.3 is 0 Å². The summed E-state index contributed by atoms with van der Waals surface area (Å²) in [4.78, 5) is 2.51. The van der Waals surface area contributed by atoms with Crippen molar-refractivity contribution < 1.29 is 14.2 Å². The van der Waals surface area contributed by atoms with Crippen LogP contribution in [-0.4, -0.2) is 33.6 Å². The molecule has 1 saturated heterocycles. The molecule has 4 nitrogen and oxygen atoms in total. The molecule has 0 spiro atoms. The van der Waals surface area contributed by atoms with Gasteiger partial charge in [-0.3, -0.25) is 0 Å². The maximum atomic E-state index is 6.19. The zero-order valence-corrected chi connectivity index (χ0v) is 23.4. The standard InChI is InChI=1S/C35H41NO3/c1-37-35(38-2)28-19-21-36(22-20-28)30-14-11-27(12-15-30)34-32(26-9-6-10-26)17-13-29-23-31(16-18-33(29)34)39-24-25-7-4-3-5-8-25/h3-5,7-8,11-12,14-16,18,23,26,28,35H,6,9-10,13,17,19-22,24H2,1-2H3. The summed E-state index contributed by atoms with van der Waals surface area (Å²) < 4.78 is 17.2. The lowest BCUT2D eigenvalue weighted by atomic mass is 9.71. The van der Waals surface area contributed by atoms with Crippen LogP contribution in [0.2, 0.25) is 0 Å². The molecule has 3 aromatic carbocycles. The second-order valence-corrected chi connectivity index (χ2v) is 11.3. The highest BCUT2D eigenvalue weighted by atomic mass is 16.7. The van der Waals surface area contributed by atoms with Crippen molar-refractivity contribution in [1.29, 1.82) is 0 Å². The minimum Gasteiger partial charge on any atom is -0.489 e. The Morgan fingerprint density at radius 3 is 2.23 bits per heavy atom. The van der Waals surface area contributed by atoms with Gasteiger partial charge in [-0.2, -0.15) is 0 Å². The molecule has 2 aliphatic carbocycles. The predicted octanol–water partition coefficient (Wildman–Crippen LogP) is 7.65. The van der Waals surface area contributed by atoms with E-state index in [0.29, 0.717) is 12.5 Å². The van der Waals surface area contributed by atoms with Crippen molar-refractivity contribution in [1.82, 2.24) is 0 Å². The molecule has 4 heteroatoms. The van der Waals surface area contributed by atoms with E-state index >= 15 is 0 Å². The number of hydrogen-bond acceptors (Lipinski definition) is 4. The molecule has 0 aromatic heterocycles. The minimum absolute atomic E-state index is 0.0954. The van der Waals surface area contributed by atoms with Crippen LogP contribution in [-0.2, 0) is 22.5 Å². The Morgan fingerprint density at radius 1 is 0.821 bits per heavy atom. The van der Waals surface area contributed by atoms with Gasteiger partial charge in [0.25, 0.3) is 0 Å². The van der Waals surface area contributed by atoms with Gasteiger partial charge in [-0.25, -0.2) is 0 Å². The molecule has 204 valence electrons. The first-order chi connectivity index (χ1) is 19.2. The average molecular weight is 524 g/mol. The molecule has 0 bridgehead atoms. The van der Waals surface area contributed by atoms with E-state index in [4.69, 9.17) is 14.2 Å². The first-order valence-corrected chi connectivity index (χ1v) is 14.7. The van der Waals surface area contributed by atoms with Crippen LogP contribution in [0, 0.1) is 11.8 Å². The summed E-state index contributed by atoms with van der Waals surface area (Å²) in [6, 6.07) is 26.5. The Bertz CT molecular complexity index is 1270. The van der Waals surface area contributed by atoms with Gasteiger partial charge in [0.15, 0.2) is 6.29 Å². The predicted molar refractivity (Wildman–Crippen MR) is 158 cm³/mol. The molecule has 1 saturated carbocycles. The minimum atomic E-state index is -0.0954. The van der Waals surface area contributed by atoms with Crippen molar-refractivity contribution in [2.24, 2.45) is 11.8 Å². The lowest BCUT2D eigenvalue weighted by Gasteiger charge is -2.36. The SMILES string of the molecule is COC(OC)C1CCN(c2ccc(C3=C(C4CCC4)CCc4cc(OCc5ccccc5)ccc43)cc2)CC1. The van der Waals surface area contributed by atoms with E-state index in [1.54, 1.807) is 19.8 Å². The van der Waals surface area contributed by atoms with Crippen molar-refractivity contribution >= 4 is 11.3 Å². The molecular formula is C35H41NO3. The first kappa shape index (κ1) is 26.2. The second kappa shape index (κ2) is 12.0. The molecule has 0 atom stereocenters. The highest BCUT2D eigenvalue weighted by Crippen LogP contribution is 2.46. The molecule has 1 heterocycles. The molecule has 3 aromatic rings. The number of nitrogens with zero attached hydrogens (tertiary/aromatic N) is 1. The van der Waals surface area contributed by atoms with E-state index in [-0.39, 0.29) is 6.29 Å². The molecule has 39 heavy (non-hydrogen) atoms. The summed E-state index contributed by atoms with van der Waals surface area (Å²) in [5.41, 5.74) is 9.83. The number of benzene rings is 3. The molecule has 0 unspecified atom stereocenters. The average Bonchev–Trinajstić information content (AvgIpc) is 2.97. The van der Waals surface area contributed by atoms with Crippen LogP contribution in [0.5, 0.6) is 5.75 Å². The number of aryl methyl sites for hydroxylation is 1. The molecule has 2 fully saturated rings. The van der Waals surface area contributed by atoms with Gasteiger partial charge in [0, 0.05) is 38.9 Å². The van der Waals surface area contributed by atoms with E-state index in [1.165, 1.54) is 52.8 Å². The van der Waals surface area contributed by atoms with Crippen molar-refractivity contribution in [3.63, 3.8) is 0 Å². The van der Waals surface area contributed by atoms with Gasteiger partial charge < -0.3 is 19.1 Å². The lowest BCUT2D eigenvalue weighted by Crippen LogP contribution is -2.39. The van der Waals surface area contributed by atoms with E-state index in [1.807, 2.05) is 6.07 Å². The van der Waals surface area contributed by atoms with Crippen LogP contribution >= 0.6 is 0 Å². The zero-order chi connectivity index (χ0) is 26.6. The van der Waals surface area contributed by atoms with Crippen LogP contribution < -0.4 is 9.64 Å². The fourth-order valence-corrected chi connectivity index (χ4v) is 6.67. The monoisotopic (exact) mass is 523 g/mol. The summed E-state index contributed by atoms with van der Waals surface area (Å²) in [7, 11) is 3.49. The number of hydrogen-bond donors (Lipinski definition) is 0. The van der Waals surface area contributed by atoms with Crippen molar-refractivity contribution in [3.8, 4) is 5.75 Å². The first-order valence-electron chi connectivity index (χ1n) is 14.7. The maximum absolute atomic E-state index is 6.19. The van der Waals surface area contributed by atoms with Crippen LogP contribution in [0.15, 0.2) is 78.4 Å². The summed E-state index contributed by atoms with van der Waals surface area (Å²) in [5, 5.41) is 0. The summed E-state index contributed by atoms with van der Waals surface area (Å²) >= 11 is 0. The summed E-state index contributed by atoms with van der Waals surface area (Å²) in [5.74, 6) is 2.17. The summed E-state index contributed by atoms with van der Waals surface area (Å²) in [6.45, 7) is 2.68. The van der Waals surface area contributed by atoms with Crippen molar-refractivity contribution in [2.75, 3.05) is 32.2 Å². The summed E-state index contributed by atoms with van der Waals surface area (Å²) in [6.07, 6.45) is 8.38. The van der Waals surface area contributed by atoms with Gasteiger partial charge in [0.1, 0.15) is 12.4 Å². The molecular weight excluding hydrogens is 482 g/mol. The van der Waals surface area contributed by atoms with E-state index in [9.17, 15) is 0 Å². The third-order valence-electron chi connectivity index (χ3n) is 9.09. The van der Waals surface area contributed by atoms with Crippen LogP contribution in [0.1, 0.15) is 60.8 Å². The number of anilines is 1. The zero-order valence-electron chi connectivity index (χ0n) is 23.4. The highest BCUT2D eigenvalue weighted by molar-refractivity contribution is 5.86. The van der Waals surface area contributed by atoms with E-state index < -0.39 is 0 Å². The number of piperidine rings is 1. The van der Waals surface area contributed by atoms with Gasteiger partial charge in [-0.15, -0.1) is 0 Å². The molecule has 0 amide bonds. The number of fused-ring (bicyclic) bond motifs is 1. The Morgan fingerprint density at radius 2 is 1.56 bits per heavy atom.